The number of aromatic nitrogens is 1. The maximum Gasteiger partial charge on any atom is 0.242 e. The molecule has 0 bridgehead atoms. The van der Waals surface area contributed by atoms with Crippen molar-refractivity contribution in [3.8, 4) is 0 Å². The highest BCUT2D eigenvalue weighted by molar-refractivity contribution is 8.00. The molecule has 0 aliphatic carbocycles. The summed E-state index contributed by atoms with van der Waals surface area (Å²) in [6.45, 7) is 8.28. The quantitative estimate of drug-likeness (QED) is 0.722. The number of carbonyl (C=O) groups excluding carboxylic acids is 2. The van der Waals surface area contributed by atoms with Crippen molar-refractivity contribution in [3.05, 3.63) is 30.5 Å². The third-order valence-electron chi connectivity index (χ3n) is 4.76. The highest BCUT2D eigenvalue weighted by atomic mass is 32.2. The van der Waals surface area contributed by atoms with Crippen LogP contribution in [0.25, 0.3) is 10.9 Å². The van der Waals surface area contributed by atoms with E-state index in [1.54, 1.807) is 0 Å². The molecular formula is C21H29N3O3S. The van der Waals surface area contributed by atoms with Crippen molar-refractivity contribution in [2.24, 2.45) is 0 Å². The first-order valence-electron chi connectivity index (χ1n) is 9.88. The number of thioether (sulfide) groups is 1. The largest absolute Gasteiger partial charge is 0.372 e. The van der Waals surface area contributed by atoms with Crippen LogP contribution in [0.15, 0.2) is 35.4 Å². The molecule has 1 aromatic heterocycles. The number of rotatable bonds is 7. The SMILES string of the molecule is CCCNC(=O)CSc1cn(CC(=O)N2CC(C)OC(C)C2)c2ccccc12. The molecule has 2 heterocycles. The molecule has 1 fully saturated rings. The molecule has 1 aliphatic heterocycles. The Hall–Kier alpha value is -1.99. The van der Waals surface area contributed by atoms with Crippen LogP contribution < -0.4 is 5.32 Å². The Morgan fingerprint density at radius 3 is 2.64 bits per heavy atom. The Morgan fingerprint density at radius 2 is 1.93 bits per heavy atom. The van der Waals surface area contributed by atoms with Gasteiger partial charge in [0.25, 0.3) is 0 Å². The summed E-state index contributed by atoms with van der Waals surface area (Å²) in [5.74, 6) is 0.511. The molecule has 1 aromatic carbocycles. The lowest BCUT2D eigenvalue weighted by Crippen LogP contribution is -2.49. The molecule has 6 nitrogen and oxygen atoms in total. The van der Waals surface area contributed by atoms with Crippen molar-refractivity contribution >= 4 is 34.5 Å². The third-order valence-corrected chi connectivity index (χ3v) is 5.80. The van der Waals surface area contributed by atoms with Crippen LogP contribution in [-0.4, -0.2) is 58.9 Å². The first kappa shape index (κ1) is 20.7. The first-order chi connectivity index (χ1) is 13.5. The Kier molecular flexibility index (Phi) is 7.02. The summed E-state index contributed by atoms with van der Waals surface area (Å²) in [6.07, 6.45) is 3.04. The second kappa shape index (κ2) is 9.47. The lowest BCUT2D eigenvalue weighted by molar-refractivity contribution is -0.143. The summed E-state index contributed by atoms with van der Waals surface area (Å²) in [5.41, 5.74) is 1.02. The molecule has 2 amide bonds. The molecule has 0 spiro atoms. The zero-order chi connectivity index (χ0) is 20.1. The minimum absolute atomic E-state index is 0.0380. The van der Waals surface area contributed by atoms with Crippen LogP contribution in [0.3, 0.4) is 0 Å². The summed E-state index contributed by atoms with van der Waals surface area (Å²) in [5, 5.41) is 3.98. The number of fused-ring (bicyclic) bond motifs is 1. The van der Waals surface area contributed by atoms with E-state index in [1.807, 2.05) is 60.7 Å². The average molecular weight is 404 g/mol. The van der Waals surface area contributed by atoms with Crippen LogP contribution in [-0.2, 0) is 20.9 Å². The van der Waals surface area contributed by atoms with Crippen LogP contribution in [0.5, 0.6) is 0 Å². The predicted molar refractivity (Wildman–Crippen MR) is 113 cm³/mol. The topological polar surface area (TPSA) is 63.6 Å². The van der Waals surface area contributed by atoms with Crippen molar-refractivity contribution in [1.29, 1.82) is 0 Å². The summed E-state index contributed by atoms with van der Waals surface area (Å²) in [4.78, 5) is 27.7. The van der Waals surface area contributed by atoms with Crippen molar-refractivity contribution in [1.82, 2.24) is 14.8 Å². The van der Waals surface area contributed by atoms with Gasteiger partial charge in [-0.25, -0.2) is 0 Å². The van der Waals surface area contributed by atoms with Gasteiger partial charge in [0.05, 0.1) is 18.0 Å². The van der Waals surface area contributed by atoms with Crippen LogP contribution in [0, 0.1) is 0 Å². The van der Waals surface area contributed by atoms with Crippen molar-refractivity contribution in [2.45, 2.75) is 50.8 Å². The van der Waals surface area contributed by atoms with E-state index in [0.717, 1.165) is 22.2 Å². The van der Waals surface area contributed by atoms with Gasteiger partial charge >= 0.3 is 0 Å². The van der Waals surface area contributed by atoms with Crippen LogP contribution in [0.1, 0.15) is 27.2 Å². The standard InChI is InChI=1S/C21H29N3O3S/c1-4-9-22-20(25)14-28-19-12-23(18-8-6-5-7-17(18)19)13-21(26)24-10-15(2)27-16(3)11-24/h5-8,12,15-16H,4,9-11,13-14H2,1-3H3,(H,22,25). The maximum atomic E-state index is 12.9. The van der Waals surface area contributed by atoms with Crippen LogP contribution >= 0.6 is 11.8 Å². The van der Waals surface area contributed by atoms with Crippen molar-refractivity contribution in [3.63, 3.8) is 0 Å². The van der Waals surface area contributed by atoms with Gasteiger partial charge in [0, 0.05) is 41.6 Å². The highest BCUT2D eigenvalue weighted by Crippen LogP contribution is 2.30. The van der Waals surface area contributed by atoms with Gasteiger partial charge in [0.15, 0.2) is 0 Å². The number of nitrogens with one attached hydrogen (secondary N) is 1. The molecule has 152 valence electrons. The zero-order valence-corrected chi connectivity index (χ0v) is 17.6. The molecule has 0 saturated carbocycles. The van der Waals surface area contributed by atoms with Gasteiger partial charge in [-0.3, -0.25) is 9.59 Å². The monoisotopic (exact) mass is 403 g/mol. The van der Waals surface area contributed by atoms with Crippen LogP contribution in [0.2, 0.25) is 0 Å². The lowest BCUT2D eigenvalue weighted by Gasteiger charge is -2.35. The fourth-order valence-corrected chi connectivity index (χ4v) is 4.46. The normalized spacial score (nSPS) is 19.8. The number of para-hydroxylation sites is 1. The number of carbonyl (C=O) groups is 2. The number of hydrogen-bond acceptors (Lipinski definition) is 4. The van der Waals surface area contributed by atoms with E-state index < -0.39 is 0 Å². The summed E-state index contributed by atoms with van der Waals surface area (Å²) in [6, 6.07) is 8.03. The third kappa shape index (κ3) is 5.08. The molecule has 7 heteroatoms. The molecule has 2 atom stereocenters. The Balaban J connectivity index is 1.73. The predicted octanol–water partition coefficient (Wildman–Crippen LogP) is 2.90. The van der Waals surface area contributed by atoms with Gasteiger partial charge in [-0.15, -0.1) is 11.8 Å². The van der Waals surface area contributed by atoms with Crippen molar-refractivity contribution < 1.29 is 14.3 Å². The second-order valence-electron chi connectivity index (χ2n) is 7.33. The van der Waals surface area contributed by atoms with E-state index in [4.69, 9.17) is 4.74 Å². The van der Waals surface area contributed by atoms with Gasteiger partial charge < -0.3 is 19.5 Å². The molecule has 2 aromatic rings. The zero-order valence-electron chi connectivity index (χ0n) is 16.8. The summed E-state index contributed by atoms with van der Waals surface area (Å²) in [7, 11) is 0. The number of morpholine rings is 1. The average Bonchev–Trinajstić information content (AvgIpc) is 3.01. The number of amides is 2. The Labute approximate surface area is 170 Å². The molecule has 1 saturated heterocycles. The number of ether oxygens (including phenoxy) is 1. The minimum atomic E-state index is 0.0380. The van der Waals surface area contributed by atoms with Gasteiger partial charge in [0.1, 0.15) is 6.54 Å². The van der Waals surface area contributed by atoms with Crippen LogP contribution in [0.4, 0.5) is 0 Å². The molecule has 1 N–H and O–H groups in total. The number of benzene rings is 1. The first-order valence-corrected chi connectivity index (χ1v) is 10.9. The van der Waals surface area contributed by atoms with Gasteiger partial charge in [-0.05, 0) is 26.3 Å². The van der Waals surface area contributed by atoms with Gasteiger partial charge in [0.2, 0.25) is 11.8 Å². The summed E-state index contributed by atoms with van der Waals surface area (Å²) >= 11 is 1.51. The molecule has 3 rings (SSSR count). The Morgan fingerprint density at radius 1 is 1.21 bits per heavy atom. The molecular weight excluding hydrogens is 374 g/mol. The Bertz CT molecular complexity index is 825. The fraction of sp³-hybridized carbons (Fsp3) is 0.524. The lowest BCUT2D eigenvalue weighted by atomic mass is 10.2. The van der Waals surface area contributed by atoms with E-state index in [0.29, 0.717) is 31.9 Å². The minimum Gasteiger partial charge on any atom is -0.372 e. The summed E-state index contributed by atoms with van der Waals surface area (Å²) < 4.78 is 7.73. The maximum absolute atomic E-state index is 12.9. The molecule has 2 unspecified atom stereocenters. The van der Waals surface area contributed by atoms with Gasteiger partial charge in [-0.2, -0.15) is 0 Å². The van der Waals surface area contributed by atoms with E-state index in [9.17, 15) is 9.59 Å². The second-order valence-corrected chi connectivity index (χ2v) is 8.35. The number of hydrogen-bond donors (Lipinski definition) is 1. The number of nitrogens with zero attached hydrogens (tertiary/aromatic N) is 2. The molecule has 1 aliphatic rings. The molecule has 28 heavy (non-hydrogen) atoms. The van der Waals surface area contributed by atoms with E-state index >= 15 is 0 Å². The fourth-order valence-electron chi connectivity index (χ4n) is 3.54. The van der Waals surface area contributed by atoms with E-state index in [-0.39, 0.29) is 24.0 Å². The van der Waals surface area contributed by atoms with E-state index in [1.165, 1.54) is 11.8 Å². The smallest absolute Gasteiger partial charge is 0.242 e. The van der Waals surface area contributed by atoms with E-state index in [2.05, 4.69) is 5.32 Å². The van der Waals surface area contributed by atoms with Gasteiger partial charge in [-0.1, -0.05) is 25.1 Å². The molecule has 0 radical (unpaired) electrons. The highest BCUT2D eigenvalue weighted by Gasteiger charge is 2.26. The van der Waals surface area contributed by atoms with Crippen molar-refractivity contribution in [2.75, 3.05) is 25.4 Å².